The van der Waals surface area contributed by atoms with Crippen LogP contribution >= 0.6 is 11.8 Å². The van der Waals surface area contributed by atoms with Gasteiger partial charge < -0.3 is 0 Å². The number of nitrogens with zero attached hydrogens (tertiary/aromatic N) is 2. The van der Waals surface area contributed by atoms with E-state index < -0.39 is 0 Å². The quantitative estimate of drug-likeness (QED) is 0.552. The highest BCUT2D eigenvalue weighted by atomic mass is 32.2. The van der Waals surface area contributed by atoms with Crippen molar-refractivity contribution in [3.8, 4) is 0 Å². The minimum absolute atomic E-state index is 0.607. The Morgan fingerprint density at radius 3 is 2.79 bits per heavy atom. The maximum atomic E-state index is 4.38. The van der Waals surface area contributed by atoms with Gasteiger partial charge in [0.15, 0.2) is 0 Å². The first-order valence-corrected chi connectivity index (χ1v) is 6.14. The molecule has 0 unspecified atom stereocenters. The summed E-state index contributed by atoms with van der Waals surface area (Å²) in [5.41, 5.74) is 2.70. The molecule has 0 amide bonds. The van der Waals surface area contributed by atoms with E-state index in [1.165, 1.54) is 35.5 Å². The number of hydrogen-bond acceptors (Lipinski definition) is 3. The predicted molar refractivity (Wildman–Crippen MR) is 59.7 cm³/mol. The zero-order chi connectivity index (χ0) is 9.97. The number of aryl methyl sites for hydroxylation is 1. The van der Waals surface area contributed by atoms with E-state index in [4.69, 9.17) is 0 Å². The Hall–Kier alpha value is -0.570. The maximum absolute atomic E-state index is 4.38. The summed E-state index contributed by atoms with van der Waals surface area (Å²) in [4.78, 5) is 8.75. The van der Waals surface area contributed by atoms with Crippen LogP contribution in [-0.4, -0.2) is 15.2 Å². The minimum Gasteiger partial charge on any atom is -0.241 e. The number of rotatable bonds is 2. The van der Waals surface area contributed by atoms with Gasteiger partial charge >= 0.3 is 0 Å². The fraction of sp³-hybridized carbons (Fsp3) is 0.636. The van der Waals surface area contributed by atoms with Crippen LogP contribution in [0.25, 0.3) is 0 Å². The molecule has 1 aromatic rings. The van der Waals surface area contributed by atoms with Gasteiger partial charge in [0, 0.05) is 16.5 Å². The molecule has 0 N–H and O–H groups in total. The number of aromatic nitrogens is 2. The lowest BCUT2D eigenvalue weighted by molar-refractivity contribution is 0.645. The molecule has 2 nitrogen and oxygen atoms in total. The van der Waals surface area contributed by atoms with Crippen molar-refractivity contribution in [1.29, 1.82) is 0 Å². The summed E-state index contributed by atoms with van der Waals surface area (Å²) in [7, 11) is 0. The van der Waals surface area contributed by atoms with Gasteiger partial charge in [0.05, 0.1) is 0 Å². The zero-order valence-corrected chi connectivity index (χ0v) is 9.60. The first kappa shape index (κ1) is 9.97. The van der Waals surface area contributed by atoms with Crippen molar-refractivity contribution in [3.05, 3.63) is 17.6 Å². The minimum atomic E-state index is 0.607. The summed E-state index contributed by atoms with van der Waals surface area (Å²) in [5, 5.41) is 1.82. The predicted octanol–water partition coefficient (Wildman–Crippen LogP) is 2.86. The second-order valence-corrected chi connectivity index (χ2v) is 5.54. The Balaban J connectivity index is 2.30. The Morgan fingerprint density at radius 2 is 2.00 bits per heavy atom. The van der Waals surface area contributed by atoms with Gasteiger partial charge in [-0.1, -0.05) is 13.8 Å². The molecule has 0 aromatic carbocycles. The van der Waals surface area contributed by atoms with Crippen LogP contribution in [0.5, 0.6) is 0 Å². The van der Waals surface area contributed by atoms with E-state index in [2.05, 4.69) is 23.8 Å². The SMILES string of the molecule is CC(C)Sc1ncnc2c1CCCC2. The molecular formula is C11H16N2S. The lowest BCUT2D eigenvalue weighted by Gasteiger charge is -2.17. The molecule has 2 rings (SSSR count). The maximum Gasteiger partial charge on any atom is 0.116 e. The van der Waals surface area contributed by atoms with Gasteiger partial charge in [-0.2, -0.15) is 0 Å². The molecular weight excluding hydrogens is 192 g/mol. The highest BCUT2D eigenvalue weighted by Gasteiger charge is 2.16. The fourth-order valence-electron chi connectivity index (χ4n) is 1.82. The van der Waals surface area contributed by atoms with Gasteiger partial charge in [0.25, 0.3) is 0 Å². The Kier molecular flexibility index (Phi) is 3.06. The summed E-state index contributed by atoms with van der Waals surface area (Å²) in [5.74, 6) is 0. The molecule has 0 bridgehead atoms. The number of fused-ring (bicyclic) bond motifs is 1. The molecule has 0 spiro atoms. The van der Waals surface area contributed by atoms with E-state index in [0.29, 0.717) is 5.25 Å². The molecule has 1 aliphatic rings. The lowest BCUT2D eigenvalue weighted by atomic mass is 9.98. The molecule has 1 aliphatic carbocycles. The second-order valence-electron chi connectivity index (χ2n) is 3.98. The summed E-state index contributed by atoms with van der Waals surface area (Å²) in [6, 6.07) is 0. The average molecular weight is 208 g/mol. The molecule has 0 saturated heterocycles. The van der Waals surface area contributed by atoms with Crippen LogP contribution in [0.15, 0.2) is 11.4 Å². The second kappa shape index (κ2) is 4.30. The smallest absolute Gasteiger partial charge is 0.116 e. The van der Waals surface area contributed by atoms with Gasteiger partial charge in [-0.3, -0.25) is 0 Å². The van der Waals surface area contributed by atoms with E-state index in [0.717, 1.165) is 6.42 Å². The highest BCUT2D eigenvalue weighted by molar-refractivity contribution is 7.99. The van der Waals surface area contributed by atoms with Gasteiger partial charge in [-0.25, -0.2) is 9.97 Å². The normalized spacial score (nSPS) is 15.6. The van der Waals surface area contributed by atoms with Crippen LogP contribution < -0.4 is 0 Å². The monoisotopic (exact) mass is 208 g/mol. The van der Waals surface area contributed by atoms with Crippen LogP contribution in [0, 0.1) is 0 Å². The molecule has 0 fully saturated rings. The molecule has 0 radical (unpaired) electrons. The molecule has 0 aliphatic heterocycles. The molecule has 3 heteroatoms. The van der Waals surface area contributed by atoms with Gasteiger partial charge in [0.1, 0.15) is 11.4 Å². The highest BCUT2D eigenvalue weighted by Crippen LogP contribution is 2.29. The zero-order valence-electron chi connectivity index (χ0n) is 8.79. The van der Waals surface area contributed by atoms with Crippen molar-refractivity contribution >= 4 is 11.8 Å². The molecule has 76 valence electrons. The molecule has 0 atom stereocenters. The van der Waals surface area contributed by atoms with Crippen LogP contribution in [0.3, 0.4) is 0 Å². The third kappa shape index (κ3) is 2.08. The van der Waals surface area contributed by atoms with E-state index in [1.54, 1.807) is 6.33 Å². The van der Waals surface area contributed by atoms with Gasteiger partial charge in [0.2, 0.25) is 0 Å². The van der Waals surface area contributed by atoms with E-state index in [1.807, 2.05) is 11.8 Å². The number of hydrogen-bond donors (Lipinski definition) is 0. The topological polar surface area (TPSA) is 25.8 Å². The average Bonchev–Trinajstić information content (AvgIpc) is 2.18. The third-order valence-electron chi connectivity index (χ3n) is 2.43. The van der Waals surface area contributed by atoms with E-state index in [9.17, 15) is 0 Å². The molecule has 0 saturated carbocycles. The summed E-state index contributed by atoms with van der Waals surface area (Å²) in [6.45, 7) is 4.42. The third-order valence-corrected chi connectivity index (χ3v) is 3.48. The summed E-state index contributed by atoms with van der Waals surface area (Å²) in [6.07, 6.45) is 6.62. The van der Waals surface area contributed by atoms with Crippen molar-refractivity contribution in [2.75, 3.05) is 0 Å². The van der Waals surface area contributed by atoms with Gasteiger partial charge in [-0.05, 0) is 25.7 Å². The van der Waals surface area contributed by atoms with Crippen molar-refractivity contribution in [3.63, 3.8) is 0 Å². The number of thioether (sulfide) groups is 1. The van der Waals surface area contributed by atoms with Crippen LogP contribution in [-0.2, 0) is 12.8 Å². The first-order valence-electron chi connectivity index (χ1n) is 5.27. The largest absolute Gasteiger partial charge is 0.241 e. The molecule has 14 heavy (non-hydrogen) atoms. The van der Waals surface area contributed by atoms with Crippen LogP contribution in [0.4, 0.5) is 0 Å². The Morgan fingerprint density at radius 1 is 1.21 bits per heavy atom. The van der Waals surface area contributed by atoms with Crippen molar-refractivity contribution in [2.45, 2.75) is 49.8 Å². The summed E-state index contributed by atoms with van der Waals surface area (Å²) < 4.78 is 0. The Bertz CT molecular complexity index is 323. The standard InChI is InChI=1S/C11H16N2S/c1-8(2)14-11-9-5-3-4-6-10(9)12-7-13-11/h7-8H,3-6H2,1-2H3. The molecule has 1 heterocycles. The van der Waals surface area contributed by atoms with E-state index in [-0.39, 0.29) is 0 Å². The fourth-order valence-corrected chi connectivity index (χ4v) is 2.73. The first-order chi connectivity index (χ1) is 6.77. The lowest BCUT2D eigenvalue weighted by Crippen LogP contribution is -2.08. The van der Waals surface area contributed by atoms with Crippen LogP contribution in [0.1, 0.15) is 37.9 Å². The van der Waals surface area contributed by atoms with Crippen molar-refractivity contribution in [1.82, 2.24) is 9.97 Å². The summed E-state index contributed by atoms with van der Waals surface area (Å²) >= 11 is 1.86. The molecule has 1 aromatic heterocycles. The van der Waals surface area contributed by atoms with E-state index >= 15 is 0 Å². The van der Waals surface area contributed by atoms with Crippen LogP contribution in [0.2, 0.25) is 0 Å². The van der Waals surface area contributed by atoms with Crippen molar-refractivity contribution < 1.29 is 0 Å². The Labute approximate surface area is 89.5 Å². The van der Waals surface area contributed by atoms with Gasteiger partial charge in [-0.15, -0.1) is 11.8 Å². The van der Waals surface area contributed by atoms with Crippen molar-refractivity contribution in [2.24, 2.45) is 0 Å².